The highest BCUT2D eigenvalue weighted by atomic mass is 16.7. The summed E-state index contributed by atoms with van der Waals surface area (Å²) in [6.07, 6.45) is 6.03. The van der Waals surface area contributed by atoms with E-state index in [4.69, 9.17) is 28.4 Å². The van der Waals surface area contributed by atoms with Crippen molar-refractivity contribution in [3.63, 3.8) is 0 Å². The summed E-state index contributed by atoms with van der Waals surface area (Å²) < 4.78 is 35.1. The maximum Gasteiger partial charge on any atom is 0.243 e. The molecule has 0 atom stereocenters. The third kappa shape index (κ3) is 11.2. The van der Waals surface area contributed by atoms with Gasteiger partial charge < -0.3 is 28.4 Å². The van der Waals surface area contributed by atoms with Crippen molar-refractivity contribution in [1.29, 1.82) is 0 Å². The fourth-order valence-corrected chi connectivity index (χ4v) is 1.68. The quantitative estimate of drug-likeness (QED) is 0.242. The minimum atomic E-state index is 0.293. The molecule has 8 heteroatoms. The van der Waals surface area contributed by atoms with Crippen molar-refractivity contribution in [3.05, 3.63) is 18.7 Å². The number of imidazole rings is 1. The van der Waals surface area contributed by atoms with E-state index in [9.17, 15) is 0 Å². The van der Waals surface area contributed by atoms with Crippen LogP contribution in [-0.4, -0.2) is 72.0 Å². The molecule has 0 bridgehead atoms. The molecule has 0 aliphatic carbocycles. The van der Waals surface area contributed by atoms with E-state index in [-0.39, 0.29) is 0 Å². The molecule has 1 aromatic heterocycles. The average Bonchev–Trinajstić information content (AvgIpc) is 3.01. The largest absolute Gasteiger partial charge is 0.382 e. The van der Waals surface area contributed by atoms with Gasteiger partial charge in [0, 0.05) is 14.2 Å². The van der Waals surface area contributed by atoms with E-state index in [2.05, 4.69) is 9.13 Å². The van der Waals surface area contributed by atoms with Gasteiger partial charge >= 0.3 is 0 Å². The van der Waals surface area contributed by atoms with Gasteiger partial charge in [-0.1, -0.05) is 0 Å². The van der Waals surface area contributed by atoms with Crippen LogP contribution in [0.15, 0.2) is 18.7 Å². The van der Waals surface area contributed by atoms with Crippen LogP contribution in [0.25, 0.3) is 0 Å². The van der Waals surface area contributed by atoms with Crippen molar-refractivity contribution in [2.75, 3.05) is 67.4 Å². The molecule has 0 fully saturated rings. The zero-order valence-corrected chi connectivity index (χ0v) is 14.1. The van der Waals surface area contributed by atoms with E-state index < -0.39 is 0 Å². The average molecular weight is 333 g/mol. The number of methoxy groups -OCH3 is 2. The molecule has 0 amide bonds. The van der Waals surface area contributed by atoms with Gasteiger partial charge in [-0.25, -0.2) is 9.13 Å². The van der Waals surface area contributed by atoms with Gasteiger partial charge in [-0.05, 0) is 0 Å². The molecule has 0 unspecified atom stereocenters. The molecule has 0 saturated carbocycles. The Morgan fingerprint density at radius 1 is 0.783 bits per heavy atom. The molecule has 0 saturated heterocycles. The van der Waals surface area contributed by atoms with Crippen LogP contribution in [0.2, 0.25) is 0 Å². The Balaban J connectivity index is 1.97. The van der Waals surface area contributed by atoms with Gasteiger partial charge in [-0.3, -0.25) is 0 Å². The van der Waals surface area contributed by atoms with Gasteiger partial charge in [0.2, 0.25) is 6.33 Å². The summed E-state index contributed by atoms with van der Waals surface area (Å²) in [5, 5.41) is 0. The van der Waals surface area contributed by atoms with Crippen LogP contribution in [0.3, 0.4) is 0 Å². The second-order valence-electron chi connectivity index (χ2n) is 4.74. The lowest BCUT2D eigenvalue weighted by molar-refractivity contribution is -0.698. The number of ether oxygens (including phenoxy) is 6. The Morgan fingerprint density at radius 2 is 1.39 bits per heavy atom. The second-order valence-corrected chi connectivity index (χ2v) is 4.74. The van der Waals surface area contributed by atoms with Crippen molar-refractivity contribution in [2.45, 2.75) is 13.1 Å². The Morgan fingerprint density at radius 3 is 2.04 bits per heavy atom. The predicted molar refractivity (Wildman–Crippen MR) is 81.9 cm³/mol. The van der Waals surface area contributed by atoms with Crippen LogP contribution in [0.1, 0.15) is 0 Å². The minimum Gasteiger partial charge on any atom is -0.382 e. The minimum absolute atomic E-state index is 0.293. The van der Waals surface area contributed by atoms with Crippen molar-refractivity contribution < 1.29 is 33.0 Å². The first-order valence-corrected chi connectivity index (χ1v) is 7.70. The second kappa shape index (κ2) is 14.6. The van der Waals surface area contributed by atoms with Gasteiger partial charge in [0.25, 0.3) is 0 Å². The van der Waals surface area contributed by atoms with E-state index in [1.165, 1.54) is 0 Å². The fourth-order valence-electron chi connectivity index (χ4n) is 1.68. The summed E-state index contributed by atoms with van der Waals surface area (Å²) in [6, 6.07) is 0. The van der Waals surface area contributed by atoms with E-state index >= 15 is 0 Å². The molecule has 0 aromatic carbocycles. The van der Waals surface area contributed by atoms with Gasteiger partial charge in [0.1, 0.15) is 39.1 Å². The molecular weight excluding hydrogens is 304 g/mol. The zero-order valence-electron chi connectivity index (χ0n) is 14.1. The number of hydrogen-bond donors (Lipinski definition) is 0. The summed E-state index contributed by atoms with van der Waals surface area (Å²) in [7, 11) is 3.29. The normalized spacial score (nSPS) is 11.2. The summed E-state index contributed by atoms with van der Waals surface area (Å²) in [5.74, 6) is 0. The van der Waals surface area contributed by atoms with Gasteiger partial charge in [-0.2, -0.15) is 0 Å². The molecule has 0 radical (unpaired) electrons. The molecule has 1 rings (SSSR count). The Kier molecular flexibility index (Phi) is 12.7. The van der Waals surface area contributed by atoms with Gasteiger partial charge in [-0.15, -0.1) is 0 Å². The predicted octanol–water partition coefficient (Wildman–Crippen LogP) is 0.0498. The van der Waals surface area contributed by atoms with Crippen LogP contribution in [-0.2, 0) is 41.5 Å². The molecular formula is C15H29N2O6+. The van der Waals surface area contributed by atoms with Gasteiger partial charge in [0.05, 0.1) is 39.6 Å². The number of aromatic nitrogens is 2. The van der Waals surface area contributed by atoms with Crippen molar-refractivity contribution in [3.8, 4) is 0 Å². The van der Waals surface area contributed by atoms with E-state index in [1.807, 2.05) is 18.7 Å². The van der Waals surface area contributed by atoms with Crippen LogP contribution in [0, 0.1) is 0 Å². The summed E-state index contributed by atoms with van der Waals surface area (Å²) in [6.45, 7) is 5.62. The van der Waals surface area contributed by atoms with Crippen molar-refractivity contribution in [2.24, 2.45) is 0 Å². The van der Waals surface area contributed by atoms with E-state index in [1.54, 1.807) is 14.2 Å². The fraction of sp³-hybridized carbons (Fsp3) is 0.800. The lowest BCUT2D eigenvalue weighted by atomic mass is 10.6. The number of rotatable bonds is 16. The monoisotopic (exact) mass is 333 g/mol. The molecule has 0 N–H and O–H groups in total. The lowest BCUT2D eigenvalue weighted by Crippen LogP contribution is -2.34. The third-order valence-electron chi connectivity index (χ3n) is 2.93. The van der Waals surface area contributed by atoms with E-state index in [0.717, 1.165) is 13.1 Å². The maximum atomic E-state index is 5.38. The standard InChI is InChI=1S/C15H29N2O6/c1-18-9-11-22-14-20-7-5-16-3-4-17(13-16)6-8-21-15-23-12-10-19-2/h3-4,13H,5-12,14-15H2,1-2H3/q+1. The first kappa shape index (κ1) is 20.0. The van der Waals surface area contributed by atoms with Crippen LogP contribution < -0.4 is 4.57 Å². The molecule has 134 valence electrons. The van der Waals surface area contributed by atoms with Gasteiger partial charge in [0.15, 0.2) is 0 Å². The Bertz CT molecular complexity index is 342. The number of hydrogen-bond acceptors (Lipinski definition) is 6. The zero-order chi connectivity index (χ0) is 16.6. The first-order chi connectivity index (χ1) is 11.4. The highest BCUT2D eigenvalue weighted by Crippen LogP contribution is 1.88. The summed E-state index contributed by atoms with van der Waals surface area (Å²) in [5.41, 5.74) is 0. The highest BCUT2D eigenvalue weighted by Gasteiger charge is 2.03. The molecule has 23 heavy (non-hydrogen) atoms. The molecule has 1 aromatic rings. The molecule has 0 spiro atoms. The Hall–Kier alpha value is -1.03. The van der Waals surface area contributed by atoms with Crippen molar-refractivity contribution in [1.82, 2.24) is 4.57 Å². The first-order valence-electron chi connectivity index (χ1n) is 7.70. The Labute approximate surface area is 137 Å². The molecule has 1 heterocycles. The highest BCUT2D eigenvalue weighted by molar-refractivity contribution is 4.65. The molecule has 0 aliphatic heterocycles. The van der Waals surface area contributed by atoms with Crippen LogP contribution in [0.5, 0.6) is 0 Å². The molecule has 0 aliphatic rings. The van der Waals surface area contributed by atoms with E-state index in [0.29, 0.717) is 53.2 Å². The third-order valence-corrected chi connectivity index (χ3v) is 2.93. The SMILES string of the molecule is COCCOCOCCn1cc[n+](CCOCOCCOC)c1. The lowest BCUT2D eigenvalue weighted by Gasteiger charge is -2.04. The molecule has 8 nitrogen and oxygen atoms in total. The topological polar surface area (TPSA) is 64.2 Å². The van der Waals surface area contributed by atoms with Crippen LogP contribution >= 0.6 is 0 Å². The maximum absolute atomic E-state index is 5.38. The smallest absolute Gasteiger partial charge is 0.243 e. The number of nitrogens with zero attached hydrogens (tertiary/aromatic N) is 2. The summed E-state index contributed by atoms with van der Waals surface area (Å²) >= 11 is 0. The van der Waals surface area contributed by atoms with Crippen molar-refractivity contribution >= 4 is 0 Å². The van der Waals surface area contributed by atoms with Crippen LogP contribution in [0.4, 0.5) is 0 Å². The summed E-state index contributed by atoms with van der Waals surface area (Å²) in [4.78, 5) is 0.